The highest BCUT2D eigenvalue weighted by atomic mass is 16.5. The maximum absolute atomic E-state index is 13.5. The van der Waals surface area contributed by atoms with Gasteiger partial charge in [-0.3, -0.25) is 4.79 Å². The molecule has 0 saturated heterocycles. The zero-order valence-electron chi connectivity index (χ0n) is 18.5. The predicted molar refractivity (Wildman–Crippen MR) is 119 cm³/mol. The third-order valence-corrected chi connectivity index (χ3v) is 9.17. The highest BCUT2D eigenvalue weighted by molar-refractivity contribution is 6.05. The van der Waals surface area contributed by atoms with Crippen molar-refractivity contribution in [1.29, 1.82) is 0 Å². The molecule has 1 N–H and O–H groups in total. The second-order valence-corrected chi connectivity index (χ2v) is 10.6. The van der Waals surface area contributed by atoms with E-state index in [0.717, 1.165) is 61.8 Å². The van der Waals surface area contributed by atoms with Crippen LogP contribution in [0.3, 0.4) is 0 Å². The Bertz CT molecular complexity index is 911. The SMILES string of the molecule is COc1ccc(/C=C2/C[C@@H]3[C@H]4CC=C5C[C@@H](O)CC[C@]5(C)[C@@H]4CC[C@]3(C)C2=O)cc1. The molecular formula is C27H34O3. The molecule has 3 heteroatoms. The Morgan fingerprint density at radius 2 is 1.77 bits per heavy atom. The van der Waals surface area contributed by atoms with Crippen molar-refractivity contribution in [2.45, 2.75) is 64.9 Å². The van der Waals surface area contributed by atoms with Gasteiger partial charge in [0.2, 0.25) is 0 Å². The summed E-state index contributed by atoms with van der Waals surface area (Å²) in [5, 5.41) is 10.2. The first-order chi connectivity index (χ1) is 14.3. The number of rotatable bonds is 2. The number of Topliss-reactive ketones (excluding diaryl/α,β-unsaturated/α-hetero) is 1. The number of aliphatic hydroxyl groups is 1. The van der Waals surface area contributed by atoms with Gasteiger partial charge in [-0.2, -0.15) is 0 Å². The molecule has 4 aliphatic carbocycles. The molecule has 0 amide bonds. The minimum Gasteiger partial charge on any atom is -0.497 e. The zero-order chi connectivity index (χ0) is 21.1. The quantitative estimate of drug-likeness (QED) is 0.515. The molecule has 0 aromatic heterocycles. The molecule has 0 radical (unpaired) electrons. The summed E-state index contributed by atoms with van der Waals surface area (Å²) in [6.45, 7) is 4.67. The van der Waals surface area contributed by atoms with Crippen LogP contribution in [0.4, 0.5) is 0 Å². The van der Waals surface area contributed by atoms with Crippen LogP contribution in [0.1, 0.15) is 64.4 Å². The third kappa shape index (κ3) is 2.92. The average molecular weight is 407 g/mol. The molecule has 0 heterocycles. The fourth-order valence-corrected chi connectivity index (χ4v) is 7.34. The Morgan fingerprint density at radius 1 is 1.03 bits per heavy atom. The highest BCUT2D eigenvalue weighted by Gasteiger charge is 2.59. The first-order valence-electron chi connectivity index (χ1n) is 11.6. The molecule has 3 nitrogen and oxygen atoms in total. The lowest BCUT2D eigenvalue weighted by atomic mass is 9.48. The van der Waals surface area contributed by atoms with Crippen molar-refractivity contribution < 1.29 is 14.6 Å². The van der Waals surface area contributed by atoms with E-state index in [9.17, 15) is 9.90 Å². The van der Waals surface area contributed by atoms with Gasteiger partial charge >= 0.3 is 0 Å². The van der Waals surface area contributed by atoms with Crippen molar-refractivity contribution in [3.05, 3.63) is 47.1 Å². The van der Waals surface area contributed by atoms with Crippen LogP contribution >= 0.6 is 0 Å². The molecule has 30 heavy (non-hydrogen) atoms. The second kappa shape index (κ2) is 7.09. The first-order valence-corrected chi connectivity index (χ1v) is 11.6. The Balaban J connectivity index is 1.45. The number of aliphatic hydroxyl groups excluding tert-OH is 1. The average Bonchev–Trinajstić information content (AvgIpc) is 3.00. The fraction of sp³-hybridized carbons (Fsp3) is 0.593. The van der Waals surface area contributed by atoms with Crippen molar-refractivity contribution >= 4 is 11.9 Å². The normalized spacial score (nSPS) is 41.7. The largest absolute Gasteiger partial charge is 0.497 e. The number of hydrogen-bond donors (Lipinski definition) is 1. The van der Waals surface area contributed by atoms with Gasteiger partial charge in [-0.1, -0.05) is 37.6 Å². The number of carbonyl (C=O) groups is 1. The topological polar surface area (TPSA) is 46.5 Å². The molecule has 3 saturated carbocycles. The summed E-state index contributed by atoms with van der Waals surface area (Å²) in [6, 6.07) is 8.00. The van der Waals surface area contributed by atoms with E-state index in [0.29, 0.717) is 23.5 Å². The van der Waals surface area contributed by atoms with Gasteiger partial charge < -0.3 is 9.84 Å². The number of methoxy groups -OCH3 is 1. The Hall–Kier alpha value is -1.87. The number of ether oxygens (including phenoxy) is 1. The number of allylic oxidation sites excluding steroid dienone is 2. The van der Waals surface area contributed by atoms with Gasteiger partial charge in [0.25, 0.3) is 0 Å². The molecular weight excluding hydrogens is 372 g/mol. The molecule has 0 unspecified atom stereocenters. The van der Waals surface area contributed by atoms with Crippen molar-refractivity contribution in [3.8, 4) is 5.75 Å². The lowest BCUT2D eigenvalue weighted by molar-refractivity contribution is -0.130. The highest BCUT2D eigenvalue weighted by Crippen LogP contribution is 2.64. The number of ketones is 1. The van der Waals surface area contributed by atoms with Crippen LogP contribution < -0.4 is 4.74 Å². The summed E-state index contributed by atoms with van der Waals surface area (Å²) < 4.78 is 5.26. The third-order valence-electron chi connectivity index (χ3n) is 9.17. The molecule has 5 rings (SSSR count). The van der Waals surface area contributed by atoms with Gasteiger partial charge in [-0.05, 0) is 97.5 Å². The second-order valence-electron chi connectivity index (χ2n) is 10.6. The smallest absolute Gasteiger partial charge is 0.165 e. The van der Waals surface area contributed by atoms with E-state index in [4.69, 9.17) is 4.74 Å². The van der Waals surface area contributed by atoms with E-state index in [1.165, 1.54) is 5.57 Å². The van der Waals surface area contributed by atoms with Gasteiger partial charge in [0.15, 0.2) is 5.78 Å². The molecule has 6 atom stereocenters. The minimum absolute atomic E-state index is 0.165. The van der Waals surface area contributed by atoms with E-state index in [2.05, 4.69) is 26.0 Å². The Kier molecular flexibility index (Phi) is 4.74. The van der Waals surface area contributed by atoms with E-state index in [-0.39, 0.29) is 16.9 Å². The zero-order valence-corrected chi connectivity index (χ0v) is 18.5. The summed E-state index contributed by atoms with van der Waals surface area (Å²) in [6.07, 6.45) is 11.4. The van der Waals surface area contributed by atoms with Crippen LogP contribution in [-0.2, 0) is 4.79 Å². The summed E-state index contributed by atoms with van der Waals surface area (Å²) in [4.78, 5) is 13.5. The molecule has 1 aromatic carbocycles. The Labute approximate surface area is 180 Å². The van der Waals surface area contributed by atoms with Gasteiger partial charge in [0.1, 0.15) is 5.75 Å². The maximum Gasteiger partial charge on any atom is 0.165 e. The van der Waals surface area contributed by atoms with Crippen molar-refractivity contribution in [3.63, 3.8) is 0 Å². The minimum atomic E-state index is -0.213. The Morgan fingerprint density at radius 3 is 2.50 bits per heavy atom. The number of carbonyl (C=O) groups excluding carboxylic acids is 1. The number of benzene rings is 1. The summed E-state index contributed by atoms with van der Waals surface area (Å²) in [5.74, 6) is 2.89. The van der Waals surface area contributed by atoms with Crippen LogP contribution in [0.25, 0.3) is 6.08 Å². The molecule has 160 valence electrons. The lowest BCUT2D eigenvalue weighted by Gasteiger charge is -2.56. The van der Waals surface area contributed by atoms with Gasteiger partial charge in [-0.25, -0.2) is 0 Å². The monoisotopic (exact) mass is 406 g/mol. The van der Waals surface area contributed by atoms with Crippen LogP contribution in [0, 0.1) is 28.6 Å². The molecule has 0 aliphatic heterocycles. The standard InChI is InChI=1S/C27H34O3/c1-26-12-10-20(28)16-19(26)6-9-22-23(26)11-13-27(2)24(22)15-18(25(27)29)14-17-4-7-21(30-3)8-5-17/h4-8,14,20,22-24,28H,9-13,15-16H2,1-3H3/b18-14-/t20-,22-,23+,24+,26-,27-/m0/s1. The van der Waals surface area contributed by atoms with Gasteiger partial charge in [-0.15, -0.1) is 0 Å². The van der Waals surface area contributed by atoms with E-state index < -0.39 is 0 Å². The van der Waals surface area contributed by atoms with Gasteiger partial charge in [0.05, 0.1) is 13.2 Å². The first kappa shape index (κ1) is 20.1. The molecule has 4 aliphatic rings. The number of fused-ring (bicyclic) bond motifs is 5. The molecule has 0 spiro atoms. The van der Waals surface area contributed by atoms with E-state index in [1.54, 1.807) is 7.11 Å². The predicted octanol–water partition coefficient (Wildman–Crippen LogP) is 5.58. The van der Waals surface area contributed by atoms with Gasteiger partial charge in [0, 0.05) is 5.41 Å². The summed E-state index contributed by atoms with van der Waals surface area (Å²) in [7, 11) is 1.67. The summed E-state index contributed by atoms with van der Waals surface area (Å²) >= 11 is 0. The molecule has 0 bridgehead atoms. The summed E-state index contributed by atoms with van der Waals surface area (Å²) in [5.41, 5.74) is 3.58. The van der Waals surface area contributed by atoms with Crippen LogP contribution in [0.2, 0.25) is 0 Å². The van der Waals surface area contributed by atoms with E-state index in [1.807, 2.05) is 24.3 Å². The number of hydrogen-bond acceptors (Lipinski definition) is 3. The lowest BCUT2D eigenvalue weighted by Crippen LogP contribution is -2.50. The van der Waals surface area contributed by atoms with E-state index >= 15 is 0 Å². The van der Waals surface area contributed by atoms with Crippen LogP contribution in [0.5, 0.6) is 5.75 Å². The maximum atomic E-state index is 13.5. The van der Waals surface area contributed by atoms with Crippen LogP contribution in [0.15, 0.2) is 41.5 Å². The van der Waals surface area contributed by atoms with Crippen molar-refractivity contribution in [1.82, 2.24) is 0 Å². The van der Waals surface area contributed by atoms with Crippen molar-refractivity contribution in [2.24, 2.45) is 28.6 Å². The molecule has 1 aromatic rings. The fourth-order valence-electron chi connectivity index (χ4n) is 7.34. The molecule has 3 fully saturated rings. The van der Waals surface area contributed by atoms with Crippen molar-refractivity contribution in [2.75, 3.05) is 7.11 Å². The van der Waals surface area contributed by atoms with Crippen LogP contribution in [-0.4, -0.2) is 24.1 Å².